The minimum atomic E-state index is -0.882. The molecule has 170 valence electrons. The minimum absolute atomic E-state index is 0.00765. The molecule has 0 heterocycles. The van der Waals surface area contributed by atoms with Crippen LogP contribution in [0.25, 0.3) is 0 Å². The van der Waals surface area contributed by atoms with Crippen molar-refractivity contribution >= 4 is 11.9 Å². The molecule has 0 aliphatic carbocycles. The van der Waals surface area contributed by atoms with E-state index in [1.54, 1.807) is 4.90 Å². The van der Waals surface area contributed by atoms with Gasteiger partial charge in [0.2, 0.25) is 5.91 Å². The Hall–Kier alpha value is -1.32. The Labute approximate surface area is 180 Å². The maximum atomic E-state index is 12.5. The molecule has 4 nitrogen and oxygen atoms in total. The van der Waals surface area contributed by atoms with E-state index in [0.717, 1.165) is 19.3 Å². The van der Waals surface area contributed by atoms with E-state index in [9.17, 15) is 9.59 Å². The lowest BCUT2D eigenvalue weighted by atomic mass is 9.96. The fraction of sp³-hybridized carbons (Fsp3) is 0.840. The smallest absolute Gasteiger partial charge is 0.304 e. The monoisotopic (exact) mass is 409 g/mol. The molecule has 0 saturated carbocycles. The Balaban J connectivity index is 3.78. The summed E-state index contributed by atoms with van der Waals surface area (Å²) in [5.74, 6) is -1.28. The van der Waals surface area contributed by atoms with Crippen molar-refractivity contribution < 1.29 is 14.7 Å². The first-order valence-electron chi connectivity index (χ1n) is 12.2. The summed E-state index contributed by atoms with van der Waals surface area (Å²) in [5, 5.41) is 9.10. The number of carbonyl (C=O) groups excluding carboxylic acids is 1. The number of nitrogens with zero attached hydrogens (tertiary/aromatic N) is 1. The van der Waals surface area contributed by atoms with E-state index in [1.165, 1.54) is 64.2 Å². The third-order valence-corrected chi connectivity index (χ3v) is 5.66. The van der Waals surface area contributed by atoms with E-state index in [-0.39, 0.29) is 18.2 Å². The third kappa shape index (κ3) is 16.2. The summed E-state index contributed by atoms with van der Waals surface area (Å²) >= 11 is 0. The zero-order valence-electron chi connectivity index (χ0n) is 19.5. The Bertz CT molecular complexity index is 430. The summed E-state index contributed by atoms with van der Waals surface area (Å²) < 4.78 is 0. The predicted octanol–water partition coefficient (Wildman–Crippen LogP) is 6.98. The summed E-state index contributed by atoms with van der Waals surface area (Å²) in [6, 6.07) is 0. The molecule has 4 heteroatoms. The van der Waals surface area contributed by atoms with Gasteiger partial charge in [-0.05, 0) is 46.0 Å². The molecular weight excluding hydrogens is 362 g/mol. The van der Waals surface area contributed by atoms with Crippen LogP contribution in [-0.2, 0) is 9.59 Å². The maximum Gasteiger partial charge on any atom is 0.304 e. The summed E-state index contributed by atoms with van der Waals surface area (Å²) in [6.07, 6.45) is 21.6. The Morgan fingerprint density at radius 2 is 1.24 bits per heavy atom. The van der Waals surface area contributed by atoms with Gasteiger partial charge in [-0.3, -0.25) is 9.59 Å². The highest BCUT2D eigenvalue weighted by atomic mass is 16.4. The normalized spacial score (nSPS) is 12.4. The van der Waals surface area contributed by atoms with Gasteiger partial charge in [-0.1, -0.05) is 76.9 Å². The topological polar surface area (TPSA) is 57.6 Å². The van der Waals surface area contributed by atoms with Crippen LogP contribution in [-0.4, -0.2) is 35.0 Å². The van der Waals surface area contributed by atoms with Crippen LogP contribution in [0.2, 0.25) is 0 Å². The molecule has 0 aromatic carbocycles. The lowest BCUT2D eigenvalue weighted by molar-refractivity contribution is -0.144. The first-order chi connectivity index (χ1) is 14.1. The van der Waals surface area contributed by atoms with Crippen LogP contribution in [0, 0.1) is 5.92 Å². The quantitative estimate of drug-likeness (QED) is 0.174. The third-order valence-electron chi connectivity index (χ3n) is 5.66. The number of amides is 1. The lowest BCUT2D eigenvalue weighted by Crippen LogP contribution is -2.36. The maximum absolute atomic E-state index is 12.5. The van der Waals surface area contributed by atoms with Crippen LogP contribution in [0.3, 0.4) is 0 Å². The van der Waals surface area contributed by atoms with Crippen LogP contribution < -0.4 is 0 Å². The second-order valence-electron chi connectivity index (χ2n) is 8.18. The van der Waals surface area contributed by atoms with E-state index < -0.39 is 5.97 Å². The molecule has 1 unspecified atom stereocenters. The predicted molar refractivity (Wildman–Crippen MR) is 123 cm³/mol. The van der Waals surface area contributed by atoms with Crippen molar-refractivity contribution in [1.82, 2.24) is 4.90 Å². The molecule has 29 heavy (non-hydrogen) atoms. The van der Waals surface area contributed by atoms with Gasteiger partial charge in [0.05, 0.1) is 6.42 Å². The number of rotatable bonds is 20. The fourth-order valence-electron chi connectivity index (χ4n) is 3.78. The van der Waals surface area contributed by atoms with Gasteiger partial charge in [-0.15, -0.1) is 0 Å². The molecule has 0 aromatic rings. The van der Waals surface area contributed by atoms with Crippen molar-refractivity contribution in [1.29, 1.82) is 0 Å². The molecular formula is C25H47NO3. The second kappa shape index (κ2) is 20.0. The molecule has 1 N–H and O–H groups in total. The van der Waals surface area contributed by atoms with Crippen LogP contribution in [0.15, 0.2) is 12.2 Å². The van der Waals surface area contributed by atoms with Gasteiger partial charge in [0.15, 0.2) is 0 Å². The molecule has 0 radical (unpaired) electrons. The zero-order chi connectivity index (χ0) is 21.7. The number of unbranched alkanes of at least 4 members (excludes halogenated alkanes) is 11. The molecule has 0 fully saturated rings. The van der Waals surface area contributed by atoms with Crippen molar-refractivity contribution in [3.05, 3.63) is 12.2 Å². The Morgan fingerprint density at radius 1 is 0.759 bits per heavy atom. The SMILES string of the molecule is CCCCCCCCCCCC/C=C/CCCC(CC(=O)O)C(=O)N(CC)CC. The second-order valence-corrected chi connectivity index (χ2v) is 8.18. The van der Waals surface area contributed by atoms with E-state index in [0.29, 0.717) is 19.5 Å². The van der Waals surface area contributed by atoms with Gasteiger partial charge in [0, 0.05) is 19.0 Å². The van der Waals surface area contributed by atoms with Gasteiger partial charge in [0.25, 0.3) is 0 Å². The van der Waals surface area contributed by atoms with Gasteiger partial charge in [-0.25, -0.2) is 0 Å². The number of hydrogen-bond donors (Lipinski definition) is 1. The highest BCUT2D eigenvalue weighted by Crippen LogP contribution is 2.17. The average molecular weight is 410 g/mol. The van der Waals surface area contributed by atoms with E-state index >= 15 is 0 Å². The summed E-state index contributed by atoms with van der Waals surface area (Å²) in [5.41, 5.74) is 0. The van der Waals surface area contributed by atoms with Crippen LogP contribution >= 0.6 is 0 Å². The van der Waals surface area contributed by atoms with Crippen LogP contribution in [0.5, 0.6) is 0 Å². The van der Waals surface area contributed by atoms with Crippen molar-refractivity contribution in [3.63, 3.8) is 0 Å². The minimum Gasteiger partial charge on any atom is -0.481 e. The van der Waals surface area contributed by atoms with Crippen LogP contribution in [0.1, 0.15) is 117 Å². The molecule has 0 spiro atoms. The molecule has 1 atom stereocenters. The molecule has 1 amide bonds. The molecule has 0 aliphatic rings. The van der Waals surface area contributed by atoms with Crippen molar-refractivity contribution in [3.8, 4) is 0 Å². The number of carboxylic acid groups (broad SMARTS) is 1. The first kappa shape index (κ1) is 27.7. The van der Waals surface area contributed by atoms with E-state index in [2.05, 4.69) is 19.1 Å². The molecule has 0 aromatic heterocycles. The largest absolute Gasteiger partial charge is 0.481 e. The summed E-state index contributed by atoms with van der Waals surface area (Å²) in [4.78, 5) is 25.3. The van der Waals surface area contributed by atoms with Gasteiger partial charge in [0.1, 0.15) is 0 Å². The number of hydrogen-bond acceptors (Lipinski definition) is 2. The van der Waals surface area contributed by atoms with E-state index in [1.807, 2.05) is 13.8 Å². The molecule has 0 aliphatic heterocycles. The Kier molecular flexibility index (Phi) is 19.1. The van der Waals surface area contributed by atoms with Crippen molar-refractivity contribution in [2.24, 2.45) is 5.92 Å². The number of carbonyl (C=O) groups is 2. The van der Waals surface area contributed by atoms with Crippen molar-refractivity contribution in [2.75, 3.05) is 13.1 Å². The van der Waals surface area contributed by atoms with Crippen LogP contribution in [0.4, 0.5) is 0 Å². The molecule has 0 saturated heterocycles. The highest BCUT2D eigenvalue weighted by Gasteiger charge is 2.24. The number of aliphatic carboxylic acids is 1. The average Bonchev–Trinajstić information content (AvgIpc) is 2.70. The zero-order valence-corrected chi connectivity index (χ0v) is 19.5. The van der Waals surface area contributed by atoms with Crippen molar-refractivity contribution in [2.45, 2.75) is 117 Å². The number of allylic oxidation sites excluding steroid dienone is 2. The standard InChI is InChI=1S/C25H47NO3/c1-4-7-8-9-10-11-12-13-14-15-16-17-18-19-20-21-23(22-24(27)28)25(29)26(5-2)6-3/h17-18,23H,4-16,19-22H2,1-3H3,(H,27,28)/b18-17+. The van der Waals surface area contributed by atoms with Gasteiger partial charge >= 0.3 is 5.97 Å². The first-order valence-corrected chi connectivity index (χ1v) is 12.2. The van der Waals surface area contributed by atoms with Gasteiger partial charge < -0.3 is 10.0 Å². The Morgan fingerprint density at radius 3 is 1.72 bits per heavy atom. The number of carboxylic acids is 1. The lowest BCUT2D eigenvalue weighted by Gasteiger charge is -2.24. The highest BCUT2D eigenvalue weighted by molar-refractivity contribution is 5.83. The molecule has 0 rings (SSSR count). The fourth-order valence-corrected chi connectivity index (χ4v) is 3.78. The summed E-state index contributed by atoms with van der Waals surface area (Å²) in [7, 11) is 0. The summed E-state index contributed by atoms with van der Waals surface area (Å²) in [6.45, 7) is 7.43. The van der Waals surface area contributed by atoms with Gasteiger partial charge in [-0.2, -0.15) is 0 Å². The molecule has 0 bridgehead atoms. The van der Waals surface area contributed by atoms with E-state index in [4.69, 9.17) is 5.11 Å².